The van der Waals surface area contributed by atoms with Crippen molar-refractivity contribution in [3.63, 3.8) is 0 Å². The number of nitriles is 1. The van der Waals surface area contributed by atoms with E-state index in [2.05, 4.69) is 10.3 Å². The first-order chi connectivity index (χ1) is 10.3. The maximum atomic E-state index is 12.1. The molecule has 0 atom stereocenters. The maximum Gasteiger partial charge on any atom is 0.242 e. The molecule has 2 aromatic rings. The highest BCUT2D eigenvalue weighted by molar-refractivity contribution is 7.89. The van der Waals surface area contributed by atoms with Crippen molar-refractivity contribution >= 4 is 10.0 Å². The van der Waals surface area contributed by atoms with Crippen LogP contribution in [0.2, 0.25) is 0 Å². The fraction of sp³-hybridized carbons (Fsp3) is 0.357. The van der Waals surface area contributed by atoms with Crippen LogP contribution in [0, 0.1) is 11.3 Å². The monoisotopic (exact) mass is 319 g/mol. The summed E-state index contributed by atoms with van der Waals surface area (Å²) in [4.78, 5) is 0.198. The summed E-state index contributed by atoms with van der Waals surface area (Å²) < 4.78 is 26.9. The molecule has 1 heterocycles. The Balaban J connectivity index is 2.53. The van der Waals surface area contributed by atoms with Crippen molar-refractivity contribution < 1.29 is 8.42 Å². The third kappa shape index (κ3) is 2.73. The van der Waals surface area contributed by atoms with Crippen molar-refractivity contribution in [2.75, 3.05) is 14.1 Å². The number of sulfonamides is 1. The smallest absolute Gasteiger partial charge is 0.241 e. The average molecular weight is 319 g/mol. The fourth-order valence-corrected chi connectivity index (χ4v) is 2.90. The van der Waals surface area contributed by atoms with Crippen molar-refractivity contribution in [2.45, 2.75) is 24.8 Å². The summed E-state index contributed by atoms with van der Waals surface area (Å²) in [6.07, 6.45) is 0. The Kier molecular flexibility index (Phi) is 4.30. The molecule has 1 aromatic heterocycles. The van der Waals surface area contributed by atoms with E-state index in [-0.39, 0.29) is 16.6 Å². The minimum atomic E-state index is -3.47. The molecule has 8 heteroatoms. The zero-order valence-electron chi connectivity index (χ0n) is 12.8. The van der Waals surface area contributed by atoms with Gasteiger partial charge < -0.3 is 0 Å². The largest absolute Gasteiger partial charge is 0.242 e. The first kappa shape index (κ1) is 16.1. The first-order valence-electron chi connectivity index (χ1n) is 6.67. The molecule has 0 fully saturated rings. The van der Waals surface area contributed by atoms with Gasteiger partial charge in [-0.3, -0.25) is 0 Å². The molecule has 0 radical (unpaired) electrons. The lowest BCUT2D eigenvalue weighted by atomic mass is 10.1. The van der Waals surface area contributed by atoms with Gasteiger partial charge in [-0.25, -0.2) is 17.4 Å². The number of nitrogens with zero attached hydrogens (tertiary/aromatic N) is 5. The quantitative estimate of drug-likeness (QED) is 0.854. The second-order valence-corrected chi connectivity index (χ2v) is 7.40. The molecular weight excluding hydrogens is 302 g/mol. The highest BCUT2D eigenvalue weighted by Crippen LogP contribution is 2.26. The van der Waals surface area contributed by atoms with Gasteiger partial charge in [-0.1, -0.05) is 17.3 Å². The number of hydrogen-bond acceptors (Lipinski definition) is 5. The Morgan fingerprint density at radius 2 is 1.82 bits per heavy atom. The number of rotatable bonds is 4. The van der Waals surface area contributed by atoms with Crippen LogP contribution in [-0.4, -0.2) is 41.8 Å². The lowest BCUT2D eigenvalue weighted by molar-refractivity contribution is 0.518. The van der Waals surface area contributed by atoms with Gasteiger partial charge in [0, 0.05) is 25.7 Å². The zero-order valence-corrected chi connectivity index (χ0v) is 13.7. The Labute approximate surface area is 129 Å². The standard InChI is InChI=1S/C14H17N5O2S/c1-10(2)19-14(13(9-15)16-17-19)11-5-7-12(8-6-11)22(20,21)18(3)4/h5-8,10H,1-4H3. The SMILES string of the molecule is CC(C)n1nnc(C#N)c1-c1ccc(S(=O)(=O)N(C)C)cc1. The third-order valence-corrected chi connectivity index (χ3v) is 5.03. The highest BCUT2D eigenvalue weighted by atomic mass is 32.2. The van der Waals surface area contributed by atoms with Crippen LogP contribution in [0.1, 0.15) is 25.6 Å². The van der Waals surface area contributed by atoms with Gasteiger partial charge in [-0.05, 0) is 26.0 Å². The maximum absolute atomic E-state index is 12.1. The van der Waals surface area contributed by atoms with Gasteiger partial charge in [0.2, 0.25) is 10.0 Å². The van der Waals surface area contributed by atoms with E-state index < -0.39 is 10.0 Å². The van der Waals surface area contributed by atoms with Gasteiger partial charge in [0.1, 0.15) is 11.8 Å². The van der Waals surface area contributed by atoms with Crippen LogP contribution >= 0.6 is 0 Å². The van der Waals surface area contributed by atoms with E-state index >= 15 is 0 Å². The molecule has 0 spiro atoms. The Bertz CT molecular complexity index is 814. The van der Waals surface area contributed by atoms with Crippen molar-refractivity contribution in [2.24, 2.45) is 0 Å². The molecule has 0 amide bonds. The molecule has 116 valence electrons. The molecular formula is C14H17N5O2S. The lowest BCUT2D eigenvalue weighted by Crippen LogP contribution is -2.22. The zero-order chi connectivity index (χ0) is 16.5. The molecule has 22 heavy (non-hydrogen) atoms. The van der Waals surface area contributed by atoms with E-state index in [4.69, 9.17) is 5.26 Å². The third-order valence-electron chi connectivity index (χ3n) is 3.20. The van der Waals surface area contributed by atoms with E-state index in [1.54, 1.807) is 16.8 Å². The van der Waals surface area contributed by atoms with E-state index in [0.29, 0.717) is 11.3 Å². The van der Waals surface area contributed by atoms with E-state index in [1.807, 2.05) is 19.9 Å². The molecule has 7 nitrogen and oxygen atoms in total. The minimum absolute atomic E-state index is 0.0368. The van der Waals surface area contributed by atoms with Gasteiger partial charge in [-0.2, -0.15) is 5.26 Å². The minimum Gasteiger partial charge on any atom is -0.241 e. The molecule has 0 N–H and O–H groups in total. The molecule has 0 bridgehead atoms. The molecule has 0 unspecified atom stereocenters. The van der Waals surface area contributed by atoms with Gasteiger partial charge in [0.25, 0.3) is 0 Å². The summed E-state index contributed by atoms with van der Waals surface area (Å²) in [5, 5.41) is 17.0. The Morgan fingerprint density at radius 1 is 1.23 bits per heavy atom. The predicted molar refractivity (Wildman–Crippen MR) is 81.4 cm³/mol. The average Bonchev–Trinajstić information content (AvgIpc) is 2.91. The Morgan fingerprint density at radius 3 is 2.27 bits per heavy atom. The van der Waals surface area contributed by atoms with Crippen LogP contribution in [0.3, 0.4) is 0 Å². The van der Waals surface area contributed by atoms with Crippen molar-refractivity contribution in [3.8, 4) is 17.3 Å². The van der Waals surface area contributed by atoms with Crippen LogP contribution in [0.25, 0.3) is 11.3 Å². The predicted octanol–water partition coefficient (Wildman–Crippen LogP) is 1.65. The summed E-state index contributed by atoms with van der Waals surface area (Å²) in [5.41, 5.74) is 1.51. The van der Waals surface area contributed by atoms with Crippen LogP contribution in [0.5, 0.6) is 0 Å². The molecule has 0 saturated heterocycles. The van der Waals surface area contributed by atoms with Gasteiger partial charge in [-0.15, -0.1) is 5.10 Å². The molecule has 0 aliphatic carbocycles. The van der Waals surface area contributed by atoms with Crippen LogP contribution in [-0.2, 0) is 10.0 Å². The second kappa shape index (κ2) is 5.87. The molecule has 2 rings (SSSR count). The van der Waals surface area contributed by atoms with Crippen molar-refractivity contribution in [1.29, 1.82) is 5.26 Å². The summed E-state index contributed by atoms with van der Waals surface area (Å²) in [6, 6.07) is 8.41. The summed E-state index contributed by atoms with van der Waals surface area (Å²) >= 11 is 0. The number of hydrogen-bond donors (Lipinski definition) is 0. The first-order valence-corrected chi connectivity index (χ1v) is 8.11. The fourth-order valence-electron chi connectivity index (χ4n) is 1.99. The second-order valence-electron chi connectivity index (χ2n) is 5.25. The summed E-state index contributed by atoms with van der Waals surface area (Å²) in [6.45, 7) is 3.87. The van der Waals surface area contributed by atoms with Gasteiger partial charge in [0.05, 0.1) is 4.90 Å². The highest BCUT2D eigenvalue weighted by Gasteiger charge is 2.20. The number of benzene rings is 1. The molecule has 0 aliphatic heterocycles. The number of aromatic nitrogens is 3. The normalized spacial score (nSPS) is 11.9. The van der Waals surface area contributed by atoms with E-state index in [1.165, 1.54) is 26.2 Å². The Hall–Kier alpha value is -2.24. The van der Waals surface area contributed by atoms with Crippen LogP contribution < -0.4 is 0 Å². The van der Waals surface area contributed by atoms with Crippen molar-refractivity contribution in [3.05, 3.63) is 30.0 Å². The van der Waals surface area contributed by atoms with Gasteiger partial charge in [0.15, 0.2) is 5.69 Å². The van der Waals surface area contributed by atoms with E-state index in [0.717, 1.165) is 4.31 Å². The molecule has 1 aromatic carbocycles. The lowest BCUT2D eigenvalue weighted by Gasteiger charge is -2.13. The van der Waals surface area contributed by atoms with E-state index in [9.17, 15) is 8.42 Å². The molecule has 0 saturated carbocycles. The van der Waals surface area contributed by atoms with Crippen molar-refractivity contribution in [1.82, 2.24) is 19.3 Å². The summed E-state index contributed by atoms with van der Waals surface area (Å²) in [5.74, 6) is 0. The summed E-state index contributed by atoms with van der Waals surface area (Å²) in [7, 11) is -0.512. The molecule has 0 aliphatic rings. The van der Waals surface area contributed by atoms with Gasteiger partial charge >= 0.3 is 0 Å². The topological polar surface area (TPSA) is 91.9 Å². The van der Waals surface area contributed by atoms with Crippen LogP contribution in [0.15, 0.2) is 29.2 Å². The van der Waals surface area contributed by atoms with Crippen LogP contribution in [0.4, 0.5) is 0 Å².